The second-order valence-corrected chi connectivity index (χ2v) is 20.0. The first-order chi connectivity index (χ1) is 31.5. The van der Waals surface area contributed by atoms with Gasteiger partial charge >= 0.3 is 12.2 Å². The Morgan fingerprint density at radius 2 is 0.328 bits per heavy atom. The van der Waals surface area contributed by atoms with Crippen LogP contribution in [0.15, 0.2) is 0 Å². The number of nitrogens with two attached hydrogens (primary N) is 2. The van der Waals surface area contributed by atoms with Gasteiger partial charge in [0.2, 0.25) is 0 Å². The molecule has 0 spiro atoms. The largest absolute Gasteiger partial charge is 0.450 e. The molecule has 64 heavy (non-hydrogen) atoms. The fourth-order valence-electron chi connectivity index (χ4n) is 9.18. The van der Waals surface area contributed by atoms with Gasteiger partial charge in [0.15, 0.2) is 0 Å². The zero-order chi connectivity index (χ0) is 46.8. The molecule has 0 aliphatic rings. The van der Waals surface area contributed by atoms with Crippen molar-refractivity contribution in [1.29, 1.82) is 0 Å². The van der Waals surface area contributed by atoms with Gasteiger partial charge in [0.05, 0.1) is 13.2 Å². The number of carbonyl (C=O) groups excluding carboxylic acids is 2. The van der Waals surface area contributed by atoms with Crippen molar-refractivity contribution in [3.8, 4) is 0 Å². The summed E-state index contributed by atoms with van der Waals surface area (Å²) in [6.07, 6.45) is 71.6. The van der Waals surface area contributed by atoms with E-state index >= 15 is 0 Å². The summed E-state index contributed by atoms with van der Waals surface area (Å²) in [6.45, 7) is 5.55. The highest BCUT2D eigenvalue weighted by Gasteiger charge is 2.00. The van der Waals surface area contributed by atoms with Gasteiger partial charge in [-0.3, -0.25) is 0 Å². The lowest BCUT2D eigenvalue weighted by Gasteiger charge is -2.04. The lowest BCUT2D eigenvalue weighted by Crippen LogP contribution is -2.13. The van der Waals surface area contributed by atoms with Crippen LogP contribution in [0.5, 0.6) is 0 Å². The maximum Gasteiger partial charge on any atom is 0.404 e. The van der Waals surface area contributed by atoms with Crippen molar-refractivity contribution in [2.75, 3.05) is 13.2 Å². The van der Waals surface area contributed by atoms with Crippen LogP contribution in [0, 0.1) is 0 Å². The highest BCUT2D eigenvalue weighted by atomic mass is 16.5. The Morgan fingerprint density at radius 3 is 0.438 bits per heavy atom. The summed E-state index contributed by atoms with van der Waals surface area (Å²) < 4.78 is 9.47. The Bertz CT molecular complexity index is 786. The number of primary amides is 2. The van der Waals surface area contributed by atoms with E-state index in [0.29, 0.717) is 13.2 Å². The molecule has 0 atom stereocenters. The third-order valence-electron chi connectivity index (χ3n) is 13.5. The smallest absolute Gasteiger partial charge is 0.404 e. The van der Waals surface area contributed by atoms with E-state index in [1.807, 2.05) is 0 Å². The molecule has 0 saturated carbocycles. The van der Waals surface area contributed by atoms with Gasteiger partial charge in [-0.05, 0) is 12.8 Å². The number of amides is 2. The van der Waals surface area contributed by atoms with Crippen molar-refractivity contribution in [1.82, 2.24) is 0 Å². The molecule has 384 valence electrons. The molecule has 6 nitrogen and oxygen atoms in total. The molecule has 0 bridgehead atoms. The lowest BCUT2D eigenvalue weighted by atomic mass is 10.0. The second kappa shape index (κ2) is 61.5. The molecule has 2 amide bonds. The van der Waals surface area contributed by atoms with Crippen LogP contribution in [0.25, 0.3) is 0 Å². The van der Waals surface area contributed by atoms with Gasteiger partial charge in [0.25, 0.3) is 0 Å². The maximum atomic E-state index is 10.4. The summed E-state index contributed by atoms with van der Waals surface area (Å²) in [5, 5.41) is 0. The Morgan fingerprint density at radius 1 is 0.219 bits per heavy atom. The van der Waals surface area contributed by atoms with Crippen LogP contribution < -0.4 is 11.5 Å². The number of unbranched alkanes of at least 4 members (excludes halogenated alkanes) is 50. The van der Waals surface area contributed by atoms with E-state index in [2.05, 4.69) is 13.8 Å². The van der Waals surface area contributed by atoms with E-state index in [1.54, 1.807) is 0 Å². The van der Waals surface area contributed by atoms with Crippen molar-refractivity contribution >= 4 is 12.2 Å². The van der Waals surface area contributed by atoms with Crippen LogP contribution in [0.3, 0.4) is 0 Å². The third kappa shape index (κ3) is 67.1. The number of rotatable bonds is 54. The van der Waals surface area contributed by atoms with Gasteiger partial charge in [-0.2, -0.15) is 0 Å². The molecule has 0 saturated heterocycles. The number of ether oxygens (including phenoxy) is 2. The van der Waals surface area contributed by atoms with E-state index in [4.69, 9.17) is 20.9 Å². The predicted octanol–water partition coefficient (Wildman–Crippen LogP) is 20.5. The van der Waals surface area contributed by atoms with Crippen LogP contribution >= 0.6 is 0 Å². The molecule has 0 aromatic heterocycles. The van der Waals surface area contributed by atoms with Crippen molar-refractivity contribution in [2.24, 2.45) is 11.5 Å². The lowest BCUT2D eigenvalue weighted by molar-refractivity contribution is 0.153. The average Bonchev–Trinajstić information content (AvgIpc) is 3.28. The number of carbonyl (C=O) groups is 2. The molecule has 0 aromatic carbocycles. The minimum Gasteiger partial charge on any atom is -0.450 e. The third-order valence-corrected chi connectivity index (χ3v) is 13.5. The Hall–Kier alpha value is -1.46. The van der Waals surface area contributed by atoms with Crippen molar-refractivity contribution in [3.63, 3.8) is 0 Å². The Kier molecular flexibility index (Phi) is 62.1. The van der Waals surface area contributed by atoms with Gasteiger partial charge < -0.3 is 20.9 Å². The summed E-state index contributed by atoms with van der Waals surface area (Å²) >= 11 is 0. The molecule has 0 rings (SSSR count). The standard InChI is InChI=1S/2C29H59NO2/c2*1-2-3-4-5-6-7-8-9-10-11-12-13-14-15-16-17-18-19-20-21-22-23-24-25-26-27-28-32-29(30)31/h2*2-28H2,1H3,(H2,30,31). The minimum absolute atomic E-state index is 0.481. The Balaban J connectivity index is 0. The van der Waals surface area contributed by atoms with Crippen LogP contribution in [0.1, 0.15) is 348 Å². The molecule has 0 radical (unpaired) electrons. The van der Waals surface area contributed by atoms with Crippen molar-refractivity contribution in [3.05, 3.63) is 0 Å². The number of hydrogen-bond donors (Lipinski definition) is 2. The summed E-state index contributed by atoms with van der Waals surface area (Å²) in [5.74, 6) is 0. The highest BCUT2D eigenvalue weighted by Crippen LogP contribution is 2.18. The predicted molar refractivity (Wildman–Crippen MR) is 283 cm³/mol. The summed E-state index contributed by atoms with van der Waals surface area (Å²) in [4.78, 5) is 20.9. The zero-order valence-electron chi connectivity index (χ0n) is 44.0. The van der Waals surface area contributed by atoms with Crippen LogP contribution in [-0.4, -0.2) is 25.4 Å². The molecule has 4 N–H and O–H groups in total. The van der Waals surface area contributed by atoms with Crippen LogP contribution in [0.2, 0.25) is 0 Å². The summed E-state index contributed by atoms with van der Waals surface area (Å²) in [5.41, 5.74) is 9.87. The first-order valence-electron chi connectivity index (χ1n) is 29.4. The molecule has 0 aromatic rings. The SMILES string of the molecule is CCCCCCCCCCCCCCCCCCCCCCCCCCCCOC(N)=O.CCCCCCCCCCCCCCCCCCCCCCCCCCCCOC(N)=O. The first-order valence-corrected chi connectivity index (χ1v) is 29.4. The van der Waals surface area contributed by atoms with E-state index in [-0.39, 0.29) is 0 Å². The summed E-state index contributed by atoms with van der Waals surface area (Å²) in [7, 11) is 0. The molecule has 0 heterocycles. The monoisotopic (exact) mass is 907 g/mol. The fraction of sp³-hybridized carbons (Fsp3) is 0.966. The minimum atomic E-state index is -0.649. The fourth-order valence-corrected chi connectivity index (χ4v) is 9.18. The van der Waals surface area contributed by atoms with Gasteiger partial charge in [-0.25, -0.2) is 9.59 Å². The average molecular weight is 908 g/mol. The van der Waals surface area contributed by atoms with Crippen LogP contribution in [-0.2, 0) is 9.47 Å². The van der Waals surface area contributed by atoms with E-state index < -0.39 is 12.2 Å². The highest BCUT2D eigenvalue weighted by molar-refractivity contribution is 5.64. The van der Waals surface area contributed by atoms with Gasteiger partial charge in [-0.1, -0.05) is 335 Å². The quantitative estimate of drug-likeness (QED) is 0.0593. The van der Waals surface area contributed by atoms with Gasteiger partial charge in [-0.15, -0.1) is 0 Å². The van der Waals surface area contributed by atoms with E-state index in [1.165, 1.54) is 308 Å². The van der Waals surface area contributed by atoms with Gasteiger partial charge in [0.1, 0.15) is 0 Å². The second-order valence-electron chi connectivity index (χ2n) is 20.0. The van der Waals surface area contributed by atoms with Crippen molar-refractivity contribution < 1.29 is 19.1 Å². The van der Waals surface area contributed by atoms with E-state index in [9.17, 15) is 9.59 Å². The maximum absolute atomic E-state index is 10.4. The molecule has 0 aliphatic carbocycles. The van der Waals surface area contributed by atoms with Gasteiger partial charge in [0, 0.05) is 0 Å². The molecule has 6 heteroatoms. The van der Waals surface area contributed by atoms with E-state index in [0.717, 1.165) is 25.7 Å². The topological polar surface area (TPSA) is 105 Å². The number of hydrogen-bond acceptors (Lipinski definition) is 4. The summed E-state index contributed by atoms with van der Waals surface area (Å²) in [6, 6.07) is 0. The zero-order valence-corrected chi connectivity index (χ0v) is 44.0. The molecule has 0 fully saturated rings. The molecular formula is C58H118N2O4. The van der Waals surface area contributed by atoms with Crippen LogP contribution in [0.4, 0.5) is 9.59 Å². The molecular weight excluding hydrogens is 789 g/mol. The Labute approximate surface area is 402 Å². The molecule has 0 aliphatic heterocycles. The normalized spacial score (nSPS) is 11.2. The molecule has 0 unspecified atom stereocenters. The first kappa shape index (κ1) is 64.6. The van der Waals surface area contributed by atoms with Crippen molar-refractivity contribution in [2.45, 2.75) is 348 Å².